The average Bonchev–Trinajstić information content (AvgIpc) is 2.99. The van der Waals surface area contributed by atoms with Crippen LogP contribution in [-0.2, 0) is 18.7 Å². The molecule has 3 heterocycles. The Morgan fingerprint density at radius 3 is 2.85 bits per heavy atom. The number of halogens is 1. The molecule has 0 saturated carbocycles. The second kappa shape index (κ2) is 7.72. The summed E-state index contributed by atoms with van der Waals surface area (Å²) in [4.78, 5) is 13.9. The molecule has 1 unspecified atom stereocenters. The van der Waals surface area contributed by atoms with Crippen LogP contribution in [0.25, 0.3) is 10.2 Å². The van der Waals surface area contributed by atoms with Gasteiger partial charge in [0, 0.05) is 23.7 Å². The second-order valence-electron chi connectivity index (χ2n) is 6.62. The molecule has 0 saturated heterocycles. The third-order valence-electron chi connectivity index (χ3n) is 4.60. The lowest BCUT2D eigenvalue weighted by Gasteiger charge is -2.19. The number of likely N-dealkylation sites (N-methyl/N-ethyl adjacent to an activating group) is 1. The van der Waals surface area contributed by atoms with Crippen molar-refractivity contribution in [3.05, 3.63) is 45.3 Å². The smallest absolute Gasteiger partial charge is 0.191 e. The molecular weight excluding hydrogens is 384 g/mol. The number of fused-ring (bicyclic) bond motifs is 3. The Morgan fingerprint density at radius 2 is 2.08 bits per heavy atom. The highest BCUT2D eigenvalue weighted by molar-refractivity contribution is 7.98. The maximum atomic E-state index is 5.97. The zero-order valence-electron chi connectivity index (χ0n) is 14.9. The van der Waals surface area contributed by atoms with Crippen molar-refractivity contribution in [1.82, 2.24) is 9.97 Å². The van der Waals surface area contributed by atoms with Crippen LogP contribution < -0.4 is 10.2 Å². The number of nitrogens with zero attached hydrogens (tertiary/aromatic N) is 2. The first-order valence-corrected chi connectivity index (χ1v) is 11.1. The van der Waals surface area contributed by atoms with Gasteiger partial charge in [0.15, 0.2) is 5.16 Å². The van der Waals surface area contributed by atoms with Crippen molar-refractivity contribution in [3.63, 3.8) is 0 Å². The maximum Gasteiger partial charge on any atom is 0.191 e. The normalized spacial score (nSPS) is 16.7. The molecule has 4 nitrogen and oxygen atoms in total. The van der Waals surface area contributed by atoms with Crippen LogP contribution in [0, 0.1) is 0 Å². The van der Waals surface area contributed by atoms with Crippen LogP contribution in [0.4, 0.5) is 5.82 Å². The number of benzene rings is 1. The monoisotopic (exact) mass is 405 g/mol. The van der Waals surface area contributed by atoms with Crippen LogP contribution >= 0.6 is 34.7 Å². The third-order valence-corrected chi connectivity index (χ3v) is 6.90. The van der Waals surface area contributed by atoms with E-state index in [0.717, 1.165) is 46.1 Å². The molecular formula is C19H22ClN4S2+. The minimum absolute atomic E-state index is 0.766. The summed E-state index contributed by atoms with van der Waals surface area (Å²) in [5.74, 6) is 1.83. The molecule has 7 heteroatoms. The molecule has 1 aromatic carbocycles. The number of aromatic nitrogens is 2. The van der Waals surface area contributed by atoms with E-state index in [2.05, 4.69) is 31.4 Å². The van der Waals surface area contributed by atoms with Crippen molar-refractivity contribution in [2.45, 2.75) is 30.8 Å². The summed E-state index contributed by atoms with van der Waals surface area (Å²) in [7, 11) is 2.26. The van der Waals surface area contributed by atoms with Crippen molar-refractivity contribution < 1.29 is 4.90 Å². The van der Waals surface area contributed by atoms with E-state index >= 15 is 0 Å². The van der Waals surface area contributed by atoms with Crippen molar-refractivity contribution in [3.8, 4) is 0 Å². The van der Waals surface area contributed by atoms with Crippen molar-refractivity contribution in [2.75, 3.05) is 25.5 Å². The number of anilines is 1. The highest BCUT2D eigenvalue weighted by Crippen LogP contribution is 2.37. The average molecular weight is 406 g/mol. The lowest BCUT2D eigenvalue weighted by atomic mass is 10.1. The standard InChI is InChI=1S/C19H21ClN4S2/c1-3-21-17-16-14-8-9-24(2)10-15(14)26-18(16)23-19(22-17)25-11-12-4-6-13(20)7-5-12/h4-7H,3,8-11H2,1-2H3,(H,21,22,23)/p+1. The van der Waals surface area contributed by atoms with Gasteiger partial charge in [-0.1, -0.05) is 35.5 Å². The van der Waals surface area contributed by atoms with Crippen LogP contribution in [-0.4, -0.2) is 30.1 Å². The first-order chi connectivity index (χ1) is 12.6. The number of quaternary nitrogens is 1. The predicted molar refractivity (Wildman–Crippen MR) is 112 cm³/mol. The van der Waals surface area contributed by atoms with E-state index in [9.17, 15) is 0 Å². The van der Waals surface area contributed by atoms with Gasteiger partial charge in [0.2, 0.25) is 0 Å². The van der Waals surface area contributed by atoms with Gasteiger partial charge < -0.3 is 10.2 Å². The molecule has 1 aliphatic heterocycles. The first kappa shape index (κ1) is 18.0. The highest BCUT2D eigenvalue weighted by atomic mass is 35.5. The fourth-order valence-electron chi connectivity index (χ4n) is 3.28. The van der Waals surface area contributed by atoms with Gasteiger partial charge in [0.25, 0.3) is 0 Å². The molecule has 0 radical (unpaired) electrons. The third kappa shape index (κ3) is 3.69. The zero-order valence-corrected chi connectivity index (χ0v) is 17.3. The number of rotatable bonds is 5. The van der Waals surface area contributed by atoms with Crippen LogP contribution in [0.2, 0.25) is 5.02 Å². The van der Waals surface area contributed by atoms with Crippen molar-refractivity contribution in [2.24, 2.45) is 0 Å². The fraction of sp³-hybridized carbons (Fsp3) is 0.368. The quantitative estimate of drug-likeness (QED) is 0.502. The number of thiophene rings is 1. The Morgan fingerprint density at radius 1 is 1.27 bits per heavy atom. The Bertz CT molecular complexity index is 923. The number of nitrogens with one attached hydrogen (secondary N) is 2. The molecule has 136 valence electrons. The molecule has 0 aliphatic carbocycles. The Balaban J connectivity index is 1.66. The summed E-state index contributed by atoms with van der Waals surface area (Å²) >= 11 is 9.48. The first-order valence-electron chi connectivity index (χ1n) is 8.88. The Labute approximate surface area is 167 Å². The summed E-state index contributed by atoms with van der Waals surface area (Å²) in [6.45, 7) is 5.25. The zero-order chi connectivity index (χ0) is 18.1. The van der Waals surface area contributed by atoms with Gasteiger partial charge in [-0.15, -0.1) is 11.3 Å². The van der Waals surface area contributed by atoms with Gasteiger partial charge in [0.1, 0.15) is 17.2 Å². The van der Waals surface area contributed by atoms with E-state index < -0.39 is 0 Å². The van der Waals surface area contributed by atoms with E-state index in [4.69, 9.17) is 21.6 Å². The van der Waals surface area contributed by atoms with Crippen LogP contribution in [0.5, 0.6) is 0 Å². The molecule has 26 heavy (non-hydrogen) atoms. The fourth-order valence-corrected chi connectivity index (χ4v) is 5.60. The maximum absolute atomic E-state index is 5.97. The van der Waals surface area contributed by atoms with Gasteiger partial charge in [0.05, 0.1) is 23.9 Å². The molecule has 0 spiro atoms. The Hall–Kier alpha value is -1.34. The lowest BCUT2D eigenvalue weighted by molar-refractivity contribution is -0.895. The van der Waals surface area contributed by atoms with Gasteiger partial charge in [-0.25, -0.2) is 9.97 Å². The topological polar surface area (TPSA) is 42.2 Å². The van der Waals surface area contributed by atoms with Gasteiger partial charge in [-0.3, -0.25) is 0 Å². The molecule has 3 aromatic rings. The van der Waals surface area contributed by atoms with Gasteiger partial charge >= 0.3 is 0 Å². The van der Waals surface area contributed by atoms with Crippen molar-refractivity contribution in [1.29, 1.82) is 0 Å². The van der Waals surface area contributed by atoms with E-state index in [-0.39, 0.29) is 0 Å². The minimum atomic E-state index is 0.766. The molecule has 1 aliphatic rings. The van der Waals surface area contributed by atoms with E-state index in [1.807, 2.05) is 23.5 Å². The summed E-state index contributed by atoms with van der Waals surface area (Å²) in [6.07, 6.45) is 1.11. The largest absolute Gasteiger partial charge is 0.370 e. The number of hydrogen-bond donors (Lipinski definition) is 2. The molecule has 2 aromatic heterocycles. The molecule has 0 fully saturated rings. The highest BCUT2D eigenvalue weighted by Gasteiger charge is 2.25. The van der Waals surface area contributed by atoms with E-state index in [1.54, 1.807) is 16.7 Å². The summed E-state index contributed by atoms with van der Waals surface area (Å²) in [5, 5.41) is 6.31. The molecule has 0 bridgehead atoms. The lowest BCUT2D eigenvalue weighted by Crippen LogP contribution is -3.08. The minimum Gasteiger partial charge on any atom is -0.370 e. The second-order valence-corrected chi connectivity index (χ2v) is 9.08. The predicted octanol–water partition coefficient (Wildman–Crippen LogP) is 3.64. The molecule has 0 amide bonds. The number of hydrogen-bond acceptors (Lipinski definition) is 5. The van der Waals surface area contributed by atoms with Crippen LogP contribution in [0.15, 0.2) is 29.4 Å². The molecule has 2 N–H and O–H groups in total. The molecule has 1 atom stereocenters. The van der Waals surface area contributed by atoms with Crippen LogP contribution in [0.1, 0.15) is 22.9 Å². The number of thioether (sulfide) groups is 1. The van der Waals surface area contributed by atoms with Crippen molar-refractivity contribution >= 4 is 50.7 Å². The van der Waals surface area contributed by atoms with E-state index in [1.165, 1.54) is 27.9 Å². The SMILES string of the molecule is CCNc1nc(SCc2ccc(Cl)cc2)nc2sc3c(c12)CC[NH+](C)C3. The Kier molecular flexibility index (Phi) is 5.36. The van der Waals surface area contributed by atoms with Gasteiger partial charge in [-0.2, -0.15) is 0 Å². The van der Waals surface area contributed by atoms with E-state index in [0.29, 0.717) is 0 Å². The van der Waals surface area contributed by atoms with Gasteiger partial charge in [-0.05, 0) is 30.2 Å². The summed E-state index contributed by atoms with van der Waals surface area (Å²) in [6, 6.07) is 7.97. The van der Waals surface area contributed by atoms with Crippen LogP contribution in [0.3, 0.4) is 0 Å². The summed E-state index contributed by atoms with van der Waals surface area (Å²) < 4.78 is 0. The molecule has 4 rings (SSSR count). The summed E-state index contributed by atoms with van der Waals surface area (Å²) in [5.41, 5.74) is 2.68.